The summed E-state index contributed by atoms with van der Waals surface area (Å²) >= 11 is 9.48. The average molecular weight is 353 g/mol. The molecule has 20 heavy (non-hydrogen) atoms. The first-order valence-corrected chi connectivity index (χ1v) is 7.05. The van der Waals surface area contributed by atoms with E-state index in [1.165, 1.54) is 0 Å². The highest BCUT2D eigenvalue weighted by molar-refractivity contribution is 9.10. The van der Waals surface area contributed by atoms with Crippen molar-refractivity contribution in [2.24, 2.45) is 0 Å². The lowest BCUT2D eigenvalue weighted by atomic mass is 10.2. The molecule has 0 atom stereocenters. The third-order valence-electron chi connectivity index (χ3n) is 3.04. The van der Waals surface area contributed by atoms with Gasteiger partial charge in [-0.2, -0.15) is 0 Å². The molecule has 0 aliphatic rings. The number of methoxy groups -OCH3 is 1. The lowest BCUT2D eigenvalue weighted by Crippen LogP contribution is -2.01. The van der Waals surface area contributed by atoms with Gasteiger partial charge in [0.25, 0.3) is 0 Å². The maximum Gasteiger partial charge on any atom is 0.206 e. The summed E-state index contributed by atoms with van der Waals surface area (Å²) in [6, 6.07) is 11.2. The fourth-order valence-corrected chi connectivity index (χ4v) is 3.03. The van der Waals surface area contributed by atoms with Crippen molar-refractivity contribution >= 4 is 44.5 Å². The van der Waals surface area contributed by atoms with Gasteiger partial charge in [0.05, 0.1) is 18.3 Å². The van der Waals surface area contributed by atoms with Crippen LogP contribution in [-0.2, 0) is 0 Å². The van der Waals surface area contributed by atoms with E-state index in [4.69, 9.17) is 22.1 Å². The zero-order valence-corrected chi connectivity index (χ0v) is 12.9. The topological polar surface area (TPSA) is 53.1 Å². The smallest absolute Gasteiger partial charge is 0.206 e. The Morgan fingerprint density at radius 1 is 1.30 bits per heavy atom. The molecule has 1 aromatic heterocycles. The zero-order valence-electron chi connectivity index (χ0n) is 10.6. The Kier molecular flexibility index (Phi) is 3.31. The number of aromatic nitrogens is 2. The van der Waals surface area contributed by atoms with Crippen LogP contribution in [-0.4, -0.2) is 16.7 Å². The monoisotopic (exact) mass is 351 g/mol. The number of nitrogens with two attached hydrogens (primary N) is 1. The number of halogens is 2. The van der Waals surface area contributed by atoms with E-state index in [1.807, 2.05) is 41.0 Å². The fourth-order valence-electron chi connectivity index (χ4n) is 2.17. The number of nitrogen functional groups attached to an aromatic ring is 1. The van der Waals surface area contributed by atoms with E-state index in [0.717, 1.165) is 21.2 Å². The molecule has 4 nitrogen and oxygen atoms in total. The second kappa shape index (κ2) is 5.00. The number of benzene rings is 2. The largest absolute Gasteiger partial charge is 0.494 e. The van der Waals surface area contributed by atoms with Crippen LogP contribution in [0.3, 0.4) is 0 Å². The molecule has 0 fully saturated rings. The molecule has 0 spiro atoms. The Hall–Kier alpha value is -1.72. The van der Waals surface area contributed by atoms with Gasteiger partial charge in [-0.3, -0.25) is 4.57 Å². The highest BCUT2D eigenvalue weighted by atomic mass is 79.9. The van der Waals surface area contributed by atoms with Gasteiger partial charge in [0.1, 0.15) is 11.3 Å². The van der Waals surface area contributed by atoms with Gasteiger partial charge < -0.3 is 10.5 Å². The molecule has 0 amide bonds. The van der Waals surface area contributed by atoms with E-state index in [2.05, 4.69) is 20.9 Å². The lowest BCUT2D eigenvalue weighted by molar-refractivity contribution is 0.419. The van der Waals surface area contributed by atoms with Gasteiger partial charge >= 0.3 is 0 Å². The van der Waals surface area contributed by atoms with Crippen molar-refractivity contribution in [2.45, 2.75) is 0 Å². The van der Waals surface area contributed by atoms with E-state index in [0.29, 0.717) is 16.7 Å². The Labute approximate surface area is 129 Å². The van der Waals surface area contributed by atoms with Crippen molar-refractivity contribution in [2.75, 3.05) is 12.8 Å². The van der Waals surface area contributed by atoms with Gasteiger partial charge in [-0.25, -0.2) is 4.98 Å². The standard InChI is InChI=1S/C14H11BrClN3O/c1-20-12-4-2-3-11-13(12)18-14(17)19(11)10-6-5-8(16)7-9(10)15/h2-7H,1H3,(H2,17,18). The molecule has 3 aromatic rings. The predicted molar refractivity (Wildman–Crippen MR) is 84.7 cm³/mol. The third kappa shape index (κ3) is 2.03. The summed E-state index contributed by atoms with van der Waals surface area (Å²) in [5, 5.41) is 0.654. The van der Waals surface area contributed by atoms with Crippen LogP contribution in [0.4, 0.5) is 5.95 Å². The van der Waals surface area contributed by atoms with Crippen molar-refractivity contribution in [3.05, 3.63) is 45.9 Å². The molecule has 2 aromatic carbocycles. The quantitative estimate of drug-likeness (QED) is 0.757. The van der Waals surface area contributed by atoms with Crippen molar-refractivity contribution in [1.29, 1.82) is 0 Å². The van der Waals surface area contributed by atoms with Crippen molar-refractivity contribution in [3.63, 3.8) is 0 Å². The maximum absolute atomic E-state index is 6.06. The molecule has 3 rings (SSSR count). The van der Waals surface area contributed by atoms with Crippen molar-refractivity contribution < 1.29 is 4.74 Å². The van der Waals surface area contributed by atoms with Gasteiger partial charge in [0, 0.05) is 9.50 Å². The van der Waals surface area contributed by atoms with Crippen LogP contribution < -0.4 is 10.5 Å². The van der Waals surface area contributed by atoms with E-state index in [9.17, 15) is 0 Å². The van der Waals surface area contributed by atoms with Gasteiger partial charge in [0.2, 0.25) is 5.95 Å². The Morgan fingerprint density at radius 2 is 2.10 bits per heavy atom. The van der Waals surface area contributed by atoms with Crippen LogP contribution in [0, 0.1) is 0 Å². The maximum atomic E-state index is 6.06. The second-order valence-corrected chi connectivity index (χ2v) is 5.52. The van der Waals surface area contributed by atoms with Crippen LogP contribution >= 0.6 is 27.5 Å². The molecule has 0 radical (unpaired) electrons. The minimum atomic E-state index is 0.396. The van der Waals surface area contributed by atoms with E-state index >= 15 is 0 Å². The summed E-state index contributed by atoms with van der Waals surface area (Å²) in [5.74, 6) is 1.09. The number of rotatable bonds is 2. The molecule has 1 heterocycles. The predicted octanol–water partition coefficient (Wildman–Crippen LogP) is 4.03. The molecule has 0 aliphatic carbocycles. The third-order valence-corrected chi connectivity index (χ3v) is 3.91. The van der Waals surface area contributed by atoms with Crippen LogP contribution in [0.2, 0.25) is 5.02 Å². The first-order chi connectivity index (χ1) is 9.61. The van der Waals surface area contributed by atoms with E-state index in [1.54, 1.807) is 7.11 Å². The highest BCUT2D eigenvalue weighted by Gasteiger charge is 2.15. The average Bonchev–Trinajstić information content (AvgIpc) is 2.75. The molecule has 0 aliphatic heterocycles. The number of nitrogens with zero attached hydrogens (tertiary/aromatic N) is 2. The number of ether oxygens (including phenoxy) is 1. The Balaban J connectivity index is 2.34. The molecule has 0 saturated heterocycles. The van der Waals surface area contributed by atoms with Gasteiger partial charge in [0.15, 0.2) is 0 Å². The summed E-state index contributed by atoms with van der Waals surface area (Å²) < 4.78 is 8.02. The normalized spacial score (nSPS) is 10.9. The van der Waals surface area contributed by atoms with Crippen LogP contribution in [0.5, 0.6) is 5.75 Å². The number of hydrogen-bond donors (Lipinski definition) is 1. The first kappa shape index (κ1) is 13.3. The van der Waals surface area contributed by atoms with E-state index < -0.39 is 0 Å². The molecule has 0 saturated carbocycles. The Morgan fingerprint density at radius 3 is 2.80 bits per heavy atom. The summed E-state index contributed by atoms with van der Waals surface area (Å²) in [6.07, 6.45) is 0. The molecule has 102 valence electrons. The minimum Gasteiger partial charge on any atom is -0.494 e. The molecule has 6 heteroatoms. The summed E-state index contributed by atoms with van der Waals surface area (Å²) in [6.45, 7) is 0. The SMILES string of the molecule is COc1cccc2c1nc(N)n2-c1ccc(Cl)cc1Br. The van der Waals surface area contributed by atoms with Crippen LogP contribution in [0.25, 0.3) is 16.7 Å². The van der Waals surface area contributed by atoms with Crippen molar-refractivity contribution in [3.8, 4) is 11.4 Å². The highest BCUT2D eigenvalue weighted by Crippen LogP contribution is 2.33. The van der Waals surface area contributed by atoms with Crippen molar-refractivity contribution in [1.82, 2.24) is 9.55 Å². The molecule has 2 N–H and O–H groups in total. The summed E-state index contributed by atoms with van der Waals surface area (Å²) in [5.41, 5.74) is 8.55. The molecular weight excluding hydrogens is 342 g/mol. The summed E-state index contributed by atoms with van der Waals surface area (Å²) in [4.78, 5) is 4.39. The minimum absolute atomic E-state index is 0.396. The van der Waals surface area contributed by atoms with Gasteiger partial charge in [-0.15, -0.1) is 0 Å². The van der Waals surface area contributed by atoms with Gasteiger partial charge in [-0.05, 0) is 46.3 Å². The number of anilines is 1. The lowest BCUT2D eigenvalue weighted by Gasteiger charge is -2.09. The zero-order chi connectivity index (χ0) is 14.3. The van der Waals surface area contributed by atoms with Gasteiger partial charge in [-0.1, -0.05) is 17.7 Å². The van der Waals surface area contributed by atoms with Crippen LogP contribution in [0.1, 0.15) is 0 Å². The second-order valence-electron chi connectivity index (χ2n) is 4.23. The number of fused-ring (bicyclic) bond motifs is 1. The molecular formula is C14H11BrClN3O. The first-order valence-electron chi connectivity index (χ1n) is 5.88. The molecule has 0 unspecified atom stereocenters. The van der Waals surface area contributed by atoms with E-state index in [-0.39, 0.29) is 0 Å². The fraction of sp³-hybridized carbons (Fsp3) is 0.0714. The number of imidazole rings is 1. The summed E-state index contributed by atoms with van der Waals surface area (Å²) in [7, 11) is 1.61. The molecule has 0 bridgehead atoms. The number of para-hydroxylation sites is 1. The van der Waals surface area contributed by atoms with Crippen LogP contribution in [0.15, 0.2) is 40.9 Å². The Bertz CT molecular complexity index is 800. The number of hydrogen-bond acceptors (Lipinski definition) is 3.